The quantitative estimate of drug-likeness (QED) is 0.713. The van der Waals surface area contributed by atoms with Gasteiger partial charge in [-0.15, -0.1) is 11.8 Å². The molecule has 0 aliphatic rings. The second-order valence-corrected chi connectivity index (χ2v) is 7.19. The predicted molar refractivity (Wildman–Crippen MR) is 111 cm³/mol. The molecule has 2 aromatic carbocycles. The Hall–Kier alpha value is -2.47. The molecule has 2 rings (SSSR count). The molecule has 0 fully saturated rings. The SMILES string of the molecule is CCOc1ccccc1CN(C)C(=O)CSCC(=O)Nc1cccc(C)c1. The van der Waals surface area contributed by atoms with E-state index in [1.54, 1.807) is 11.9 Å². The molecule has 0 atom stereocenters. The van der Waals surface area contributed by atoms with Gasteiger partial charge in [0, 0.05) is 24.8 Å². The fourth-order valence-corrected chi connectivity index (χ4v) is 3.29. The number of nitrogens with zero attached hydrogens (tertiary/aromatic N) is 1. The molecule has 1 N–H and O–H groups in total. The molecule has 0 bridgehead atoms. The fraction of sp³-hybridized carbons (Fsp3) is 0.333. The van der Waals surface area contributed by atoms with Crippen molar-refractivity contribution in [1.82, 2.24) is 4.90 Å². The number of anilines is 1. The number of rotatable bonds is 9. The number of carbonyl (C=O) groups is 2. The van der Waals surface area contributed by atoms with Gasteiger partial charge < -0.3 is 15.0 Å². The summed E-state index contributed by atoms with van der Waals surface area (Å²) in [6.45, 7) is 4.97. The van der Waals surface area contributed by atoms with E-state index in [-0.39, 0.29) is 23.3 Å². The third-order valence-electron chi connectivity index (χ3n) is 3.87. The van der Waals surface area contributed by atoms with Crippen molar-refractivity contribution in [3.05, 3.63) is 59.7 Å². The van der Waals surface area contributed by atoms with Crippen LogP contribution >= 0.6 is 11.8 Å². The number of amides is 2. The minimum absolute atomic E-state index is 0.0188. The lowest BCUT2D eigenvalue weighted by atomic mass is 10.2. The maximum atomic E-state index is 12.3. The van der Waals surface area contributed by atoms with E-state index in [0.29, 0.717) is 13.2 Å². The zero-order chi connectivity index (χ0) is 19.6. The van der Waals surface area contributed by atoms with Gasteiger partial charge >= 0.3 is 0 Å². The van der Waals surface area contributed by atoms with E-state index in [1.807, 2.05) is 62.4 Å². The molecule has 0 unspecified atom stereocenters. The summed E-state index contributed by atoms with van der Waals surface area (Å²) in [5.41, 5.74) is 2.83. The van der Waals surface area contributed by atoms with Crippen molar-refractivity contribution in [2.24, 2.45) is 0 Å². The normalized spacial score (nSPS) is 10.3. The molecule has 0 aromatic heterocycles. The summed E-state index contributed by atoms with van der Waals surface area (Å²) in [7, 11) is 1.76. The Bertz CT molecular complexity index is 780. The zero-order valence-electron chi connectivity index (χ0n) is 16.0. The highest BCUT2D eigenvalue weighted by Gasteiger charge is 2.13. The van der Waals surface area contributed by atoms with Crippen LogP contribution in [0.1, 0.15) is 18.1 Å². The lowest BCUT2D eigenvalue weighted by Gasteiger charge is -2.19. The molecule has 0 saturated carbocycles. The first kappa shape index (κ1) is 20.8. The molecule has 5 nitrogen and oxygen atoms in total. The number of hydrogen-bond acceptors (Lipinski definition) is 4. The zero-order valence-corrected chi connectivity index (χ0v) is 16.8. The maximum absolute atomic E-state index is 12.3. The van der Waals surface area contributed by atoms with E-state index >= 15 is 0 Å². The van der Waals surface area contributed by atoms with Crippen LogP contribution in [0.25, 0.3) is 0 Å². The van der Waals surface area contributed by atoms with Gasteiger partial charge in [-0.05, 0) is 37.6 Å². The van der Waals surface area contributed by atoms with E-state index in [0.717, 1.165) is 22.6 Å². The number of carbonyl (C=O) groups excluding carboxylic acids is 2. The van der Waals surface area contributed by atoms with Crippen molar-refractivity contribution in [2.75, 3.05) is 30.5 Å². The largest absolute Gasteiger partial charge is 0.494 e. The average molecular weight is 387 g/mol. The van der Waals surface area contributed by atoms with Crippen molar-refractivity contribution in [1.29, 1.82) is 0 Å². The van der Waals surface area contributed by atoms with Gasteiger partial charge in [-0.1, -0.05) is 30.3 Å². The Balaban J connectivity index is 1.77. The number of aryl methyl sites for hydroxylation is 1. The molecular formula is C21H26N2O3S. The smallest absolute Gasteiger partial charge is 0.234 e. The Kier molecular flexibility index (Phi) is 8.20. The monoisotopic (exact) mass is 386 g/mol. The molecule has 144 valence electrons. The minimum atomic E-state index is -0.109. The predicted octanol–water partition coefficient (Wildman–Crippen LogP) is 3.72. The Morgan fingerprint density at radius 3 is 2.63 bits per heavy atom. The van der Waals surface area contributed by atoms with Gasteiger partial charge in [-0.2, -0.15) is 0 Å². The van der Waals surface area contributed by atoms with Gasteiger partial charge in [0.15, 0.2) is 0 Å². The Morgan fingerprint density at radius 1 is 1.11 bits per heavy atom. The highest BCUT2D eigenvalue weighted by molar-refractivity contribution is 8.00. The van der Waals surface area contributed by atoms with E-state index < -0.39 is 0 Å². The molecular weight excluding hydrogens is 360 g/mol. The van der Waals surface area contributed by atoms with Crippen LogP contribution in [0.4, 0.5) is 5.69 Å². The van der Waals surface area contributed by atoms with Gasteiger partial charge in [0.1, 0.15) is 5.75 Å². The number of ether oxygens (including phenoxy) is 1. The molecule has 0 saturated heterocycles. The highest BCUT2D eigenvalue weighted by Crippen LogP contribution is 2.20. The van der Waals surface area contributed by atoms with Crippen LogP contribution in [-0.4, -0.2) is 41.9 Å². The van der Waals surface area contributed by atoms with Crippen LogP contribution in [0.3, 0.4) is 0 Å². The summed E-state index contributed by atoms with van der Waals surface area (Å²) in [5, 5.41) is 2.85. The first-order valence-electron chi connectivity index (χ1n) is 8.88. The first-order valence-corrected chi connectivity index (χ1v) is 10.0. The summed E-state index contributed by atoms with van der Waals surface area (Å²) in [6, 6.07) is 15.3. The molecule has 27 heavy (non-hydrogen) atoms. The Labute approximate surface area is 165 Å². The van der Waals surface area contributed by atoms with Crippen LogP contribution in [-0.2, 0) is 16.1 Å². The molecule has 0 radical (unpaired) electrons. The minimum Gasteiger partial charge on any atom is -0.494 e. The second kappa shape index (κ2) is 10.6. The van der Waals surface area contributed by atoms with Gasteiger partial charge in [-0.3, -0.25) is 9.59 Å². The average Bonchev–Trinajstić information content (AvgIpc) is 2.63. The van der Waals surface area contributed by atoms with Crippen molar-refractivity contribution in [3.63, 3.8) is 0 Å². The number of para-hydroxylation sites is 1. The van der Waals surface area contributed by atoms with Crippen LogP contribution in [0.2, 0.25) is 0 Å². The van der Waals surface area contributed by atoms with Gasteiger partial charge in [-0.25, -0.2) is 0 Å². The van der Waals surface area contributed by atoms with Crippen molar-refractivity contribution < 1.29 is 14.3 Å². The molecule has 0 aliphatic heterocycles. The summed E-state index contributed by atoms with van der Waals surface area (Å²) in [4.78, 5) is 26.0. The summed E-state index contributed by atoms with van der Waals surface area (Å²) < 4.78 is 5.60. The number of hydrogen-bond donors (Lipinski definition) is 1. The highest BCUT2D eigenvalue weighted by atomic mass is 32.2. The number of nitrogens with one attached hydrogen (secondary N) is 1. The third-order valence-corrected chi connectivity index (χ3v) is 4.78. The lowest BCUT2D eigenvalue weighted by molar-refractivity contribution is -0.127. The Morgan fingerprint density at radius 2 is 1.89 bits per heavy atom. The standard InChI is InChI=1S/C21H26N2O3S/c1-4-26-19-11-6-5-9-17(19)13-23(3)21(25)15-27-14-20(24)22-18-10-7-8-16(2)12-18/h5-12H,4,13-15H2,1-3H3,(H,22,24). The summed E-state index contributed by atoms with van der Waals surface area (Å²) >= 11 is 1.31. The second-order valence-electron chi connectivity index (χ2n) is 6.20. The topological polar surface area (TPSA) is 58.6 Å². The van der Waals surface area contributed by atoms with Crippen molar-refractivity contribution >= 4 is 29.3 Å². The van der Waals surface area contributed by atoms with E-state index in [4.69, 9.17) is 4.74 Å². The maximum Gasteiger partial charge on any atom is 0.234 e. The molecule has 2 amide bonds. The molecule has 6 heteroatoms. The summed E-state index contributed by atoms with van der Waals surface area (Å²) in [6.07, 6.45) is 0. The van der Waals surface area contributed by atoms with E-state index in [9.17, 15) is 9.59 Å². The van der Waals surface area contributed by atoms with Crippen LogP contribution < -0.4 is 10.1 Å². The van der Waals surface area contributed by atoms with Crippen LogP contribution in [0.15, 0.2) is 48.5 Å². The molecule has 0 heterocycles. The lowest BCUT2D eigenvalue weighted by Crippen LogP contribution is -2.28. The van der Waals surface area contributed by atoms with E-state index in [1.165, 1.54) is 11.8 Å². The summed E-state index contributed by atoms with van der Waals surface area (Å²) in [5.74, 6) is 1.17. The molecule has 2 aromatic rings. The number of thioether (sulfide) groups is 1. The van der Waals surface area contributed by atoms with E-state index in [2.05, 4.69) is 5.32 Å². The van der Waals surface area contributed by atoms with Gasteiger partial charge in [0.05, 0.1) is 18.1 Å². The van der Waals surface area contributed by atoms with Crippen molar-refractivity contribution in [2.45, 2.75) is 20.4 Å². The van der Waals surface area contributed by atoms with Gasteiger partial charge in [0.2, 0.25) is 11.8 Å². The number of benzene rings is 2. The molecule has 0 spiro atoms. The fourth-order valence-electron chi connectivity index (χ4n) is 2.54. The first-order chi connectivity index (χ1) is 13.0. The van der Waals surface area contributed by atoms with Crippen LogP contribution in [0, 0.1) is 6.92 Å². The van der Waals surface area contributed by atoms with Crippen LogP contribution in [0.5, 0.6) is 5.75 Å². The third kappa shape index (κ3) is 6.98. The molecule has 0 aliphatic carbocycles. The van der Waals surface area contributed by atoms with Gasteiger partial charge in [0.25, 0.3) is 0 Å². The van der Waals surface area contributed by atoms with Crippen molar-refractivity contribution in [3.8, 4) is 5.75 Å².